The van der Waals surface area contributed by atoms with Crippen LogP contribution in [-0.4, -0.2) is 83.5 Å². The normalized spacial score (nSPS) is 15.1. The molecule has 1 aliphatic rings. The predicted molar refractivity (Wildman–Crippen MR) is 120 cm³/mol. The third-order valence-corrected chi connectivity index (χ3v) is 5.61. The first kappa shape index (κ1) is 22.9. The second-order valence-corrected chi connectivity index (χ2v) is 7.77. The van der Waals surface area contributed by atoms with Crippen molar-refractivity contribution >= 4 is 22.7 Å². The Morgan fingerprint density at radius 3 is 2.48 bits per heavy atom. The average Bonchev–Trinajstić information content (AvgIpc) is 2.79. The average molecular weight is 429 g/mol. The molecule has 1 aromatic carbocycles. The van der Waals surface area contributed by atoms with Gasteiger partial charge in [-0.15, -0.1) is 0 Å². The van der Waals surface area contributed by atoms with E-state index in [1.54, 1.807) is 18.2 Å². The molecule has 1 saturated heterocycles. The fourth-order valence-corrected chi connectivity index (χ4v) is 3.69. The Balaban J connectivity index is 1.29. The van der Waals surface area contributed by atoms with E-state index >= 15 is 0 Å². The monoisotopic (exact) mass is 428 g/mol. The molecule has 0 bridgehead atoms. The Kier molecular flexibility index (Phi) is 8.54. The van der Waals surface area contributed by atoms with E-state index in [1.165, 1.54) is 10.9 Å². The molecule has 2 N–H and O–H groups in total. The first-order valence-electron chi connectivity index (χ1n) is 11.0. The van der Waals surface area contributed by atoms with Gasteiger partial charge in [-0.05, 0) is 31.6 Å². The van der Waals surface area contributed by atoms with Crippen LogP contribution in [0.3, 0.4) is 0 Å². The van der Waals surface area contributed by atoms with Crippen molar-refractivity contribution in [1.29, 1.82) is 0 Å². The maximum Gasteiger partial charge on any atom is 0.261 e. The number of para-hydroxylation sites is 1. The zero-order valence-corrected chi connectivity index (χ0v) is 18.2. The van der Waals surface area contributed by atoms with Crippen LogP contribution in [-0.2, 0) is 16.1 Å². The van der Waals surface area contributed by atoms with Gasteiger partial charge >= 0.3 is 0 Å². The number of amides is 2. The number of nitrogens with zero attached hydrogens (tertiary/aromatic N) is 4. The highest BCUT2D eigenvalue weighted by Crippen LogP contribution is 2.04. The van der Waals surface area contributed by atoms with E-state index in [0.29, 0.717) is 17.4 Å². The summed E-state index contributed by atoms with van der Waals surface area (Å²) in [6.45, 7) is 9.44. The number of hydrogen-bond donors (Lipinski definition) is 2. The summed E-state index contributed by atoms with van der Waals surface area (Å²) in [5, 5.41) is 6.07. The third kappa shape index (κ3) is 6.86. The van der Waals surface area contributed by atoms with Crippen molar-refractivity contribution in [3.63, 3.8) is 0 Å². The zero-order valence-electron chi connectivity index (χ0n) is 18.2. The number of fused-ring (bicyclic) bond motifs is 1. The van der Waals surface area contributed by atoms with Crippen molar-refractivity contribution in [3.05, 3.63) is 40.9 Å². The van der Waals surface area contributed by atoms with E-state index in [-0.39, 0.29) is 36.9 Å². The SMILES string of the molecule is CCN1CCN(CCCNC(=O)CCNC(=O)Cn2cnc3ccccc3c2=O)CC1. The van der Waals surface area contributed by atoms with Gasteiger partial charge in [0.1, 0.15) is 6.54 Å². The van der Waals surface area contributed by atoms with E-state index in [4.69, 9.17) is 0 Å². The Morgan fingerprint density at radius 1 is 1.00 bits per heavy atom. The molecule has 2 amide bonds. The minimum absolute atomic E-state index is 0.0827. The zero-order chi connectivity index (χ0) is 22.1. The molecule has 31 heavy (non-hydrogen) atoms. The Labute approximate surface area is 182 Å². The van der Waals surface area contributed by atoms with E-state index in [9.17, 15) is 14.4 Å². The molecule has 1 aromatic heterocycles. The summed E-state index contributed by atoms with van der Waals surface area (Å²) in [4.78, 5) is 45.6. The van der Waals surface area contributed by atoms with Gasteiger partial charge in [-0.25, -0.2) is 4.98 Å². The van der Waals surface area contributed by atoms with Crippen molar-refractivity contribution in [2.24, 2.45) is 0 Å². The molecule has 168 valence electrons. The number of aromatic nitrogens is 2. The minimum Gasteiger partial charge on any atom is -0.356 e. The molecular weight excluding hydrogens is 396 g/mol. The number of benzene rings is 1. The standard InChI is InChI=1S/C22H32N6O3/c1-2-26-12-14-27(15-13-26)11-5-9-23-20(29)8-10-24-21(30)16-28-17-25-19-7-4-3-6-18(19)22(28)31/h3-4,6-7,17H,2,5,8-16H2,1H3,(H,23,29)(H,24,30). The maximum absolute atomic E-state index is 12.4. The van der Waals surface area contributed by atoms with Gasteiger partial charge in [0.15, 0.2) is 0 Å². The van der Waals surface area contributed by atoms with Gasteiger partial charge in [0, 0.05) is 45.7 Å². The molecule has 1 fully saturated rings. The van der Waals surface area contributed by atoms with Crippen LogP contribution >= 0.6 is 0 Å². The van der Waals surface area contributed by atoms with Crippen LogP contribution in [0.1, 0.15) is 19.8 Å². The van der Waals surface area contributed by atoms with Crippen LogP contribution in [0.15, 0.2) is 35.4 Å². The number of carbonyl (C=O) groups excluding carboxylic acids is 2. The van der Waals surface area contributed by atoms with Crippen LogP contribution in [0, 0.1) is 0 Å². The van der Waals surface area contributed by atoms with Crippen LogP contribution in [0.5, 0.6) is 0 Å². The largest absolute Gasteiger partial charge is 0.356 e. The maximum atomic E-state index is 12.4. The summed E-state index contributed by atoms with van der Waals surface area (Å²) in [7, 11) is 0. The summed E-state index contributed by atoms with van der Waals surface area (Å²) >= 11 is 0. The molecule has 0 unspecified atom stereocenters. The van der Waals surface area contributed by atoms with Gasteiger partial charge in [-0.2, -0.15) is 0 Å². The number of hydrogen-bond acceptors (Lipinski definition) is 6. The first-order chi connectivity index (χ1) is 15.1. The molecule has 0 aliphatic carbocycles. The molecule has 0 radical (unpaired) electrons. The van der Waals surface area contributed by atoms with Gasteiger partial charge in [-0.1, -0.05) is 19.1 Å². The lowest BCUT2D eigenvalue weighted by Crippen LogP contribution is -2.46. The number of piperazine rings is 1. The molecule has 2 heterocycles. The molecule has 1 aliphatic heterocycles. The molecule has 2 aromatic rings. The lowest BCUT2D eigenvalue weighted by molar-refractivity contribution is -0.122. The number of carbonyl (C=O) groups is 2. The quantitative estimate of drug-likeness (QED) is 0.519. The Morgan fingerprint density at radius 2 is 1.71 bits per heavy atom. The molecule has 3 rings (SSSR count). The summed E-state index contributed by atoms with van der Waals surface area (Å²) in [5.74, 6) is -0.404. The van der Waals surface area contributed by atoms with Crippen LogP contribution < -0.4 is 16.2 Å². The molecule has 9 nitrogen and oxygen atoms in total. The molecule has 0 atom stereocenters. The molecular formula is C22H32N6O3. The summed E-state index contributed by atoms with van der Waals surface area (Å²) in [6, 6.07) is 7.02. The highest BCUT2D eigenvalue weighted by atomic mass is 16.2. The van der Waals surface area contributed by atoms with E-state index in [0.717, 1.165) is 45.7 Å². The topological polar surface area (TPSA) is 99.6 Å². The van der Waals surface area contributed by atoms with Gasteiger partial charge in [0.25, 0.3) is 5.56 Å². The van der Waals surface area contributed by atoms with Crippen molar-refractivity contribution in [1.82, 2.24) is 30.0 Å². The van der Waals surface area contributed by atoms with Crippen LogP contribution in [0.4, 0.5) is 0 Å². The fourth-order valence-electron chi connectivity index (χ4n) is 3.69. The minimum atomic E-state index is -0.321. The summed E-state index contributed by atoms with van der Waals surface area (Å²) in [5.41, 5.74) is 0.346. The number of likely N-dealkylation sites (N-methyl/N-ethyl adjacent to an activating group) is 1. The molecule has 9 heteroatoms. The third-order valence-electron chi connectivity index (χ3n) is 5.61. The van der Waals surface area contributed by atoms with Crippen molar-refractivity contribution in [2.45, 2.75) is 26.3 Å². The highest BCUT2D eigenvalue weighted by Gasteiger charge is 2.14. The predicted octanol–water partition coefficient (Wildman–Crippen LogP) is 0.0466. The summed E-state index contributed by atoms with van der Waals surface area (Å²) in [6.07, 6.45) is 2.51. The molecule has 0 spiro atoms. The van der Waals surface area contributed by atoms with E-state index in [1.807, 2.05) is 6.07 Å². The number of nitrogens with one attached hydrogen (secondary N) is 2. The lowest BCUT2D eigenvalue weighted by Gasteiger charge is -2.33. The lowest BCUT2D eigenvalue weighted by atomic mass is 10.2. The van der Waals surface area contributed by atoms with Gasteiger partial charge in [0.2, 0.25) is 11.8 Å². The van der Waals surface area contributed by atoms with Gasteiger partial charge in [-0.3, -0.25) is 19.0 Å². The smallest absolute Gasteiger partial charge is 0.261 e. The van der Waals surface area contributed by atoms with Crippen LogP contribution in [0.25, 0.3) is 10.9 Å². The highest BCUT2D eigenvalue weighted by molar-refractivity contribution is 5.80. The fraction of sp³-hybridized carbons (Fsp3) is 0.545. The Bertz CT molecular complexity index is 936. The number of rotatable bonds is 10. The van der Waals surface area contributed by atoms with Crippen molar-refractivity contribution in [2.75, 3.05) is 52.4 Å². The van der Waals surface area contributed by atoms with Gasteiger partial charge < -0.3 is 20.4 Å². The molecule has 0 saturated carbocycles. The van der Waals surface area contributed by atoms with Crippen LogP contribution in [0.2, 0.25) is 0 Å². The summed E-state index contributed by atoms with van der Waals surface area (Å²) < 4.78 is 1.28. The van der Waals surface area contributed by atoms with E-state index < -0.39 is 0 Å². The Hall–Kier alpha value is -2.78. The van der Waals surface area contributed by atoms with E-state index in [2.05, 4.69) is 32.3 Å². The van der Waals surface area contributed by atoms with Crippen molar-refractivity contribution in [3.8, 4) is 0 Å². The second-order valence-electron chi connectivity index (χ2n) is 7.77. The first-order valence-corrected chi connectivity index (χ1v) is 11.0. The second kappa shape index (κ2) is 11.6. The van der Waals surface area contributed by atoms with Gasteiger partial charge in [0.05, 0.1) is 17.2 Å². The van der Waals surface area contributed by atoms with Crippen molar-refractivity contribution < 1.29 is 9.59 Å².